The highest BCUT2D eigenvalue weighted by molar-refractivity contribution is 6.09. The van der Waals surface area contributed by atoms with Gasteiger partial charge in [0.15, 0.2) is 0 Å². The monoisotopic (exact) mass is 632 g/mol. The lowest BCUT2D eigenvalue weighted by Crippen LogP contribution is -2.02. The minimum absolute atomic E-state index is 0.316. The van der Waals surface area contributed by atoms with Crippen LogP contribution in [0.5, 0.6) is 11.5 Å². The number of ether oxygens (including phenoxy) is 1. The van der Waals surface area contributed by atoms with Crippen LogP contribution in [0.25, 0.3) is 44.4 Å². The zero-order valence-corrected chi connectivity index (χ0v) is 29.3. The van der Waals surface area contributed by atoms with E-state index in [0.29, 0.717) is 11.8 Å². The Balaban J connectivity index is 1.33. The minimum atomic E-state index is 0.316. The molecule has 5 nitrogen and oxygen atoms in total. The summed E-state index contributed by atoms with van der Waals surface area (Å²) in [6.45, 7) is 17.6. The fourth-order valence-corrected chi connectivity index (χ4v) is 7.16. The van der Waals surface area contributed by atoms with Crippen molar-refractivity contribution in [3.8, 4) is 34.1 Å². The number of rotatable bonds is 8. The third kappa shape index (κ3) is 5.68. The summed E-state index contributed by atoms with van der Waals surface area (Å²) in [5.74, 6) is 3.37. The van der Waals surface area contributed by atoms with Crippen LogP contribution in [0.3, 0.4) is 0 Å². The number of benzene rings is 4. The van der Waals surface area contributed by atoms with E-state index < -0.39 is 0 Å². The summed E-state index contributed by atoms with van der Waals surface area (Å²) in [7, 11) is 0. The van der Waals surface area contributed by atoms with Crippen molar-refractivity contribution in [1.82, 2.24) is 19.3 Å². The summed E-state index contributed by atoms with van der Waals surface area (Å²) in [5, 5.41) is 7.44. The molecule has 7 aromatic rings. The van der Waals surface area contributed by atoms with Gasteiger partial charge < -0.3 is 4.74 Å². The van der Waals surface area contributed by atoms with E-state index in [2.05, 4.69) is 156 Å². The molecule has 0 radical (unpaired) electrons. The molecule has 0 saturated heterocycles. The zero-order chi connectivity index (χ0) is 33.7. The number of fused-ring (bicyclic) bond motifs is 3. The van der Waals surface area contributed by atoms with Crippen molar-refractivity contribution in [2.75, 3.05) is 0 Å². The molecule has 3 heterocycles. The van der Waals surface area contributed by atoms with Gasteiger partial charge in [-0.25, -0.2) is 9.67 Å². The Kier molecular flexibility index (Phi) is 8.16. The summed E-state index contributed by atoms with van der Waals surface area (Å²) in [6.07, 6.45) is 2.94. The van der Waals surface area contributed by atoms with Gasteiger partial charge in [-0.15, -0.1) is 0 Å². The van der Waals surface area contributed by atoms with E-state index in [4.69, 9.17) is 14.8 Å². The molecule has 0 aliphatic rings. The first-order chi connectivity index (χ1) is 23.1. The van der Waals surface area contributed by atoms with Gasteiger partial charge in [-0.2, -0.15) is 5.10 Å². The third-order valence-corrected chi connectivity index (χ3v) is 9.41. The molecule has 0 amide bonds. The molecule has 0 spiro atoms. The van der Waals surface area contributed by atoms with Crippen molar-refractivity contribution in [1.29, 1.82) is 0 Å². The van der Waals surface area contributed by atoms with Gasteiger partial charge in [-0.1, -0.05) is 64.1 Å². The summed E-state index contributed by atoms with van der Waals surface area (Å²) in [4.78, 5) is 4.84. The molecular weight excluding hydrogens is 589 g/mol. The van der Waals surface area contributed by atoms with Crippen LogP contribution in [0, 0.1) is 33.6 Å². The smallest absolute Gasteiger partial charge is 0.137 e. The maximum absolute atomic E-state index is 6.73. The second-order valence-electron chi connectivity index (χ2n) is 13.9. The van der Waals surface area contributed by atoms with Crippen LogP contribution < -0.4 is 4.74 Å². The van der Waals surface area contributed by atoms with Crippen molar-refractivity contribution in [3.63, 3.8) is 0 Å². The Hall–Kier alpha value is -5.16. The first-order valence-corrected chi connectivity index (χ1v) is 17.0. The topological polar surface area (TPSA) is 44.9 Å². The van der Waals surface area contributed by atoms with Gasteiger partial charge in [0.1, 0.15) is 17.3 Å². The quantitative estimate of drug-likeness (QED) is 0.167. The summed E-state index contributed by atoms with van der Waals surface area (Å²) < 4.78 is 11.1. The Labute approximate surface area is 283 Å². The van der Waals surface area contributed by atoms with E-state index in [0.717, 1.165) is 51.8 Å². The number of hydrogen-bond acceptors (Lipinski definition) is 3. The fourth-order valence-electron chi connectivity index (χ4n) is 7.16. The molecule has 0 fully saturated rings. The SMILES string of the molecule is Cc1cccc(C)c1-c1c(C)nn(-c2cc(Oc3ccc4c5ccccc5n(-c5cc(CC(C)C)ccn5)c4c3)cc(C(C)C)c2)c1C. The Morgan fingerprint density at radius 3 is 2.19 bits per heavy atom. The Morgan fingerprint density at radius 2 is 1.44 bits per heavy atom. The van der Waals surface area contributed by atoms with Crippen LogP contribution >= 0.6 is 0 Å². The molecule has 0 saturated carbocycles. The lowest BCUT2D eigenvalue weighted by molar-refractivity contribution is 0.481. The number of aryl methyl sites for hydroxylation is 3. The van der Waals surface area contributed by atoms with E-state index in [-0.39, 0.29) is 0 Å². The summed E-state index contributed by atoms with van der Waals surface area (Å²) in [5.41, 5.74) is 12.8. The van der Waals surface area contributed by atoms with Crippen molar-refractivity contribution < 1.29 is 4.74 Å². The van der Waals surface area contributed by atoms with Crippen LogP contribution in [0.1, 0.15) is 67.3 Å². The molecule has 0 unspecified atom stereocenters. The molecule has 3 aromatic heterocycles. The Bertz CT molecular complexity index is 2280. The van der Waals surface area contributed by atoms with Crippen LogP contribution in [-0.2, 0) is 6.42 Å². The molecule has 7 rings (SSSR count). The maximum atomic E-state index is 6.73. The molecule has 4 aromatic carbocycles. The average molecular weight is 633 g/mol. The second kappa shape index (κ2) is 12.5. The molecule has 0 atom stereocenters. The molecule has 0 aliphatic carbocycles. The molecule has 48 heavy (non-hydrogen) atoms. The number of aromatic nitrogens is 4. The molecule has 0 N–H and O–H groups in total. The van der Waals surface area contributed by atoms with Gasteiger partial charge in [-0.05, 0) is 116 Å². The van der Waals surface area contributed by atoms with Crippen molar-refractivity contribution >= 4 is 21.8 Å². The molecule has 0 aliphatic heterocycles. The van der Waals surface area contributed by atoms with E-state index >= 15 is 0 Å². The van der Waals surface area contributed by atoms with Crippen LogP contribution in [-0.4, -0.2) is 19.3 Å². The van der Waals surface area contributed by atoms with E-state index in [1.807, 2.05) is 6.20 Å². The number of para-hydroxylation sites is 1. The molecule has 242 valence electrons. The summed E-state index contributed by atoms with van der Waals surface area (Å²) >= 11 is 0. The molecule has 0 bridgehead atoms. The first kappa shape index (κ1) is 31.4. The van der Waals surface area contributed by atoms with Crippen molar-refractivity contribution in [2.24, 2.45) is 5.92 Å². The second-order valence-corrected chi connectivity index (χ2v) is 13.9. The Morgan fingerprint density at radius 1 is 0.688 bits per heavy atom. The number of pyridine rings is 1. The summed E-state index contributed by atoms with van der Waals surface area (Å²) in [6, 6.07) is 32.3. The number of nitrogens with zero attached hydrogens (tertiary/aromatic N) is 4. The third-order valence-electron chi connectivity index (χ3n) is 9.41. The predicted molar refractivity (Wildman–Crippen MR) is 199 cm³/mol. The predicted octanol–water partition coefficient (Wildman–Crippen LogP) is 11.4. The molecule has 5 heteroatoms. The van der Waals surface area contributed by atoms with Gasteiger partial charge in [0.25, 0.3) is 0 Å². The highest BCUT2D eigenvalue weighted by atomic mass is 16.5. The van der Waals surface area contributed by atoms with Crippen LogP contribution in [0.4, 0.5) is 0 Å². The van der Waals surface area contributed by atoms with Gasteiger partial charge in [0, 0.05) is 40.4 Å². The average Bonchev–Trinajstić information content (AvgIpc) is 3.53. The zero-order valence-electron chi connectivity index (χ0n) is 29.3. The van der Waals surface area contributed by atoms with E-state index in [9.17, 15) is 0 Å². The lowest BCUT2D eigenvalue weighted by atomic mass is 9.94. The largest absolute Gasteiger partial charge is 0.457 e. The highest BCUT2D eigenvalue weighted by Gasteiger charge is 2.20. The van der Waals surface area contributed by atoms with Gasteiger partial charge in [-0.3, -0.25) is 4.57 Å². The fraction of sp³-hybridized carbons (Fsp3) is 0.256. The van der Waals surface area contributed by atoms with Crippen molar-refractivity contribution in [3.05, 3.63) is 131 Å². The normalized spacial score (nSPS) is 11.8. The van der Waals surface area contributed by atoms with E-state index in [1.165, 1.54) is 44.2 Å². The maximum Gasteiger partial charge on any atom is 0.137 e. The minimum Gasteiger partial charge on any atom is -0.457 e. The van der Waals surface area contributed by atoms with Crippen LogP contribution in [0.2, 0.25) is 0 Å². The van der Waals surface area contributed by atoms with E-state index in [1.54, 1.807) is 0 Å². The lowest BCUT2D eigenvalue weighted by Gasteiger charge is -2.15. The van der Waals surface area contributed by atoms with Crippen molar-refractivity contribution in [2.45, 2.75) is 67.7 Å². The first-order valence-electron chi connectivity index (χ1n) is 17.0. The highest BCUT2D eigenvalue weighted by Crippen LogP contribution is 2.38. The number of hydrogen-bond donors (Lipinski definition) is 0. The standard InChI is InChI=1S/C43H44N4O/c1-26(2)20-32-18-19-44-41(21-32)46-39-15-10-9-14-37(39)38-17-16-35(25-40(38)46)48-36-23-33(27(3)4)22-34(24-36)47-31(8)43(30(7)45-47)42-28(5)12-11-13-29(42)6/h9-19,21-27H,20H2,1-8H3. The molecular formula is C43H44N4O. The van der Waals surface area contributed by atoms with Gasteiger partial charge >= 0.3 is 0 Å². The van der Waals surface area contributed by atoms with Crippen LogP contribution in [0.15, 0.2) is 97.2 Å². The van der Waals surface area contributed by atoms with Gasteiger partial charge in [0.2, 0.25) is 0 Å². The van der Waals surface area contributed by atoms with Gasteiger partial charge in [0.05, 0.1) is 22.4 Å².